The summed E-state index contributed by atoms with van der Waals surface area (Å²) in [4.78, 5) is 0. The first-order chi connectivity index (χ1) is 7.80. The van der Waals surface area contributed by atoms with Gasteiger partial charge >= 0.3 is 0 Å². The van der Waals surface area contributed by atoms with Gasteiger partial charge in [-0.15, -0.1) is 0 Å². The summed E-state index contributed by atoms with van der Waals surface area (Å²) in [5, 5.41) is 0.415. The van der Waals surface area contributed by atoms with E-state index in [0.717, 1.165) is 6.61 Å². The van der Waals surface area contributed by atoms with Crippen molar-refractivity contribution in [1.29, 1.82) is 0 Å². The molecule has 0 aliphatic heterocycles. The first-order valence-corrected chi connectivity index (χ1v) is 10.3. The van der Waals surface area contributed by atoms with Crippen LogP contribution in [0.3, 0.4) is 0 Å². The minimum Gasteiger partial charge on any atom is -0.382 e. The fourth-order valence-electron chi connectivity index (χ4n) is 2.72. The van der Waals surface area contributed by atoms with E-state index in [-0.39, 0.29) is 0 Å². The lowest BCUT2D eigenvalue weighted by Crippen LogP contribution is -2.54. The minimum absolute atomic E-state index is 0.415. The van der Waals surface area contributed by atoms with Crippen molar-refractivity contribution in [2.75, 3.05) is 6.61 Å². The molecule has 0 bridgehead atoms. The highest BCUT2D eigenvalue weighted by Gasteiger charge is 2.46. The van der Waals surface area contributed by atoms with Gasteiger partial charge in [-0.1, -0.05) is 46.7 Å². The second-order valence-corrected chi connectivity index (χ2v) is 12.5. The standard InChI is InChI=1S/C15H31OSi/c1-7-16-14(13-11-9-8-10-12-13)17(5,6)15(2,3)4/h11,13-14H,7-10,12H2,1-6H3. The lowest BCUT2D eigenvalue weighted by Gasteiger charge is -2.46. The van der Waals surface area contributed by atoms with Gasteiger partial charge in [0.05, 0.1) is 13.8 Å². The quantitative estimate of drug-likeness (QED) is 0.654. The molecule has 1 nitrogen and oxygen atoms in total. The van der Waals surface area contributed by atoms with E-state index in [2.05, 4.69) is 47.2 Å². The molecule has 0 saturated heterocycles. The first kappa shape index (κ1) is 15.2. The van der Waals surface area contributed by atoms with Crippen molar-refractivity contribution in [3.63, 3.8) is 0 Å². The summed E-state index contributed by atoms with van der Waals surface area (Å²) in [6, 6.07) is 0. The van der Waals surface area contributed by atoms with Crippen molar-refractivity contribution < 1.29 is 4.74 Å². The molecular weight excluding hydrogens is 224 g/mol. The fourth-order valence-corrected chi connectivity index (χ4v) is 5.53. The van der Waals surface area contributed by atoms with Gasteiger partial charge in [0, 0.05) is 6.61 Å². The predicted molar refractivity (Wildman–Crippen MR) is 78.9 cm³/mol. The van der Waals surface area contributed by atoms with Gasteiger partial charge in [0.15, 0.2) is 0 Å². The summed E-state index contributed by atoms with van der Waals surface area (Å²) in [7, 11) is -1.40. The van der Waals surface area contributed by atoms with Crippen LogP contribution in [0.15, 0.2) is 0 Å². The summed E-state index contributed by atoms with van der Waals surface area (Å²) in [6.45, 7) is 15.2. The third-order valence-corrected chi connectivity index (χ3v) is 10.7. The Morgan fingerprint density at radius 3 is 2.35 bits per heavy atom. The largest absolute Gasteiger partial charge is 0.382 e. The summed E-state index contributed by atoms with van der Waals surface area (Å²) >= 11 is 0. The molecule has 1 fully saturated rings. The minimum atomic E-state index is -1.40. The van der Waals surface area contributed by atoms with Gasteiger partial charge in [0.25, 0.3) is 0 Å². The molecule has 2 heteroatoms. The molecule has 0 N–H and O–H groups in total. The molecule has 17 heavy (non-hydrogen) atoms. The smallest absolute Gasteiger partial charge is 0.0872 e. The van der Waals surface area contributed by atoms with Crippen LogP contribution in [0.5, 0.6) is 0 Å². The number of hydrogen-bond acceptors (Lipinski definition) is 1. The van der Waals surface area contributed by atoms with E-state index in [0.29, 0.717) is 16.7 Å². The highest BCUT2D eigenvalue weighted by molar-refractivity contribution is 6.81. The van der Waals surface area contributed by atoms with Gasteiger partial charge < -0.3 is 4.74 Å². The van der Waals surface area contributed by atoms with Crippen molar-refractivity contribution in [3.8, 4) is 0 Å². The Kier molecular flexibility index (Phi) is 5.27. The summed E-state index contributed by atoms with van der Waals surface area (Å²) in [5.74, 6) is 0.713. The second kappa shape index (κ2) is 5.88. The Morgan fingerprint density at radius 1 is 1.29 bits per heavy atom. The van der Waals surface area contributed by atoms with E-state index in [1.807, 2.05) is 0 Å². The summed E-state index contributed by atoms with van der Waals surface area (Å²) < 4.78 is 6.20. The van der Waals surface area contributed by atoms with Gasteiger partial charge in [-0.3, -0.25) is 0 Å². The van der Waals surface area contributed by atoms with Crippen LogP contribution in [0, 0.1) is 12.3 Å². The average Bonchev–Trinajstić information content (AvgIpc) is 2.25. The van der Waals surface area contributed by atoms with Crippen LogP contribution in [0.2, 0.25) is 18.1 Å². The zero-order chi connectivity index (χ0) is 13.1. The predicted octanol–water partition coefficient (Wildman–Crippen LogP) is 4.83. The van der Waals surface area contributed by atoms with Gasteiger partial charge in [-0.2, -0.15) is 0 Å². The molecular formula is C15H31OSi. The molecule has 1 saturated carbocycles. The van der Waals surface area contributed by atoms with Crippen LogP contribution >= 0.6 is 0 Å². The second-order valence-electron chi connectivity index (χ2n) is 7.03. The monoisotopic (exact) mass is 255 g/mol. The van der Waals surface area contributed by atoms with E-state index in [1.54, 1.807) is 0 Å². The van der Waals surface area contributed by atoms with Crippen LogP contribution < -0.4 is 0 Å². The Balaban J connectivity index is 2.83. The molecule has 101 valence electrons. The van der Waals surface area contributed by atoms with E-state index >= 15 is 0 Å². The van der Waals surface area contributed by atoms with Crippen LogP contribution in [0.4, 0.5) is 0 Å². The lowest BCUT2D eigenvalue weighted by molar-refractivity contribution is 0.0673. The summed E-state index contributed by atoms with van der Waals surface area (Å²) in [5.41, 5.74) is 0.507. The van der Waals surface area contributed by atoms with E-state index < -0.39 is 8.07 Å². The van der Waals surface area contributed by atoms with Crippen LogP contribution in [-0.4, -0.2) is 20.4 Å². The molecule has 0 aromatic heterocycles. The molecule has 2 unspecified atom stereocenters. The molecule has 0 aromatic carbocycles. The van der Waals surface area contributed by atoms with Crippen LogP contribution in [0.25, 0.3) is 0 Å². The molecule has 1 rings (SSSR count). The molecule has 1 aliphatic rings. The van der Waals surface area contributed by atoms with Crippen LogP contribution in [-0.2, 0) is 4.74 Å². The highest BCUT2D eigenvalue weighted by atomic mass is 28.3. The average molecular weight is 255 g/mol. The van der Waals surface area contributed by atoms with E-state index in [4.69, 9.17) is 4.74 Å². The van der Waals surface area contributed by atoms with Crippen molar-refractivity contribution in [1.82, 2.24) is 0 Å². The van der Waals surface area contributed by atoms with E-state index in [9.17, 15) is 0 Å². The van der Waals surface area contributed by atoms with Gasteiger partial charge in [-0.25, -0.2) is 0 Å². The molecule has 0 heterocycles. The van der Waals surface area contributed by atoms with Crippen LogP contribution in [0.1, 0.15) is 53.4 Å². The molecule has 1 aliphatic carbocycles. The first-order valence-electron chi connectivity index (χ1n) is 7.25. The number of rotatable bonds is 4. The van der Waals surface area contributed by atoms with Crippen molar-refractivity contribution in [3.05, 3.63) is 6.42 Å². The Labute approximate surface area is 109 Å². The fraction of sp³-hybridized carbons (Fsp3) is 0.933. The maximum Gasteiger partial charge on any atom is 0.0872 e. The van der Waals surface area contributed by atoms with Crippen molar-refractivity contribution in [2.24, 2.45) is 5.92 Å². The maximum absolute atomic E-state index is 6.20. The molecule has 1 radical (unpaired) electrons. The lowest BCUT2D eigenvalue weighted by atomic mass is 9.90. The third kappa shape index (κ3) is 3.57. The van der Waals surface area contributed by atoms with Gasteiger partial charge in [-0.05, 0) is 37.1 Å². The Morgan fingerprint density at radius 2 is 1.94 bits per heavy atom. The highest BCUT2D eigenvalue weighted by Crippen LogP contribution is 2.43. The third-order valence-electron chi connectivity index (χ3n) is 4.84. The molecule has 0 aromatic rings. The van der Waals surface area contributed by atoms with Crippen molar-refractivity contribution >= 4 is 8.07 Å². The van der Waals surface area contributed by atoms with E-state index in [1.165, 1.54) is 25.7 Å². The topological polar surface area (TPSA) is 9.23 Å². The molecule has 0 amide bonds. The van der Waals surface area contributed by atoms with Gasteiger partial charge in [0.2, 0.25) is 0 Å². The molecule has 0 spiro atoms. The Bertz CT molecular complexity index is 224. The van der Waals surface area contributed by atoms with Gasteiger partial charge in [0.1, 0.15) is 0 Å². The SMILES string of the molecule is CCOC(C1[CH]CCCC1)[Si](C)(C)C(C)(C)C. The maximum atomic E-state index is 6.20. The zero-order valence-corrected chi connectivity index (χ0v) is 13.7. The number of ether oxygens (including phenoxy) is 1. The molecule has 2 atom stereocenters. The number of hydrogen-bond donors (Lipinski definition) is 0. The normalized spacial score (nSPS) is 21.5. The summed E-state index contributed by atoms with van der Waals surface area (Å²) in [6.07, 6.45) is 7.95. The zero-order valence-electron chi connectivity index (χ0n) is 12.7. The van der Waals surface area contributed by atoms with Crippen molar-refractivity contribution in [2.45, 2.75) is 77.2 Å². The Hall–Kier alpha value is 0.177.